The topological polar surface area (TPSA) is 55.8 Å². The Labute approximate surface area is 146 Å². The van der Waals surface area contributed by atoms with Crippen molar-refractivity contribution in [2.45, 2.75) is 12.5 Å². The minimum Gasteiger partial charge on any atom is -0.497 e. The van der Waals surface area contributed by atoms with E-state index in [2.05, 4.69) is 0 Å². The van der Waals surface area contributed by atoms with Gasteiger partial charge in [-0.3, -0.25) is 4.79 Å². The van der Waals surface area contributed by atoms with E-state index in [1.807, 2.05) is 54.6 Å². The molecule has 0 N–H and O–H groups in total. The van der Waals surface area contributed by atoms with Crippen molar-refractivity contribution in [2.24, 2.45) is 0 Å². The highest BCUT2D eigenvalue weighted by Gasteiger charge is 2.36. The van der Waals surface area contributed by atoms with Crippen LogP contribution in [-0.4, -0.2) is 36.7 Å². The number of imide groups is 1. The molecule has 5 heteroatoms. The van der Waals surface area contributed by atoms with Crippen LogP contribution in [0.15, 0.2) is 60.7 Å². The average molecular weight is 337 g/mol. The minimum atomic E-state index is -0.592. The zero-order valence-electron chi connectivity index (χ0n) is 13.9. The van der Waals surface area contributed by atoms with E-state index < -0.39 is 6.09 Å². The van der Waals surface area contributed by atoms with Crippen LogP contribution in [0.1, 0.15) is 11.1 Å². The zero-order valence-corrected chi connectivity index (χ0v) is 13.9. The molecule has 0 saturated carbocycles. The second-order valence-corrected chi connectivity index (χ2v) is 5.74. The maximum atomic E-state index is 12.5. The molecule has 0 aliphatic carbocycles. The van der Waals surface area contributed by atoms with Crippen LogP contribution >= 0.6 is 0 Å². The summed E-state index contributed by atoms with van der Waals surface area (Å²) in [6.45, 7) is 0.218. The molecule has 3 rings (SSSR count). The third kappa shape index (κ3) is 4.07. The van der Waals surface area contributed by atoms with Gasteiger partial charge in [-0.15, -0.1) is 0 Å². The summed E-state index contributed by atoms with van der Waals surface area (Å²) < 4.78 is 10.2. The summed E-state index contributed by atoms with van der Waals surface area (Å²) in [5, 5.41) is 0. The van der Waals surface area contributed by atoms with Crippen LogP contribution in [0.4, 0.5) is 4.79 Å². The fourth-order valence-corrected chi connectivity index (χ4v) is 2.73. The lowest BCUT2D eigenvalue weighted by Gasteiger charge is -2.18. The molecule has 5 nitrogen and oxygen atoms in total. The number of hydrogen-bond acceptors (Lipinski definition) is 4. The Morgan fingerprint density at radius 2 is 1.92 bits per heavy atom. The first-order valence-electron chi connectivity index (χ1n) is 8.03. The lowest BCUT2D eigenvalue weighted by molar-refractivity contribution is -0.124. The number of ether oxygens (including phenoxy) is 2. The third-order valence-corrected chi connectivity index (χ3v) is 4.05. The highest BCUT2D eigenvalue weighted by atomic mass is 16.6. The summed E-state index contributed by atoms with van der Waals surface area (Å²) in [5.41, 5.74) is 1.91. The first-order valence-corrected chi connectivity index (χ1v) is 8.03. The number of hydrogen-bond donors (Lipinski definition) is 0. The molecule has 1 atom stereocenters. The molecule has 1 aliphatic rings. The van der Waals surface area contributed by atoms with Crippen LogP contribution < -0.4 is 4.74 Å². The normalized spacial score (nSPS) is 16.9. The van der Waals surface area contributed by atoms with Gasteiger partial charge in [0.2, 0.25) is 0 Å². The largest absolute Gasteiger partial charge is 0.497 e. The SMILES string of the molecule is COc1ccc(C=CC(=O)N2C(=O)OC[C@@H]2Cc2ccccc2)cc1. The standard InChI is InChI=1S/C20H19NO4/c1-24-18-10-7-15(8-11-18)9-12-19(22)21-17(14-25-20(21)23)13-16-5-3-2-4-6-16/h2-12,17H,13-14H2,1H3/t17-/m0/s1. The second kappa shape index (κ2) is 7.66. The molecule has 1 aliphatic heterocycles. The van der Waals surface area contributed by atoms with Crippen LogP contribution in [0.3, 0.4) is 0 Å². The second-order valence-electron chi connectivity index (χ2n) is 5.74. The van der Waals surface area contributed by atoms with Crippen molar-refractivity contribution in [3.05, 3.63) is 71.8 Å². The van der Waals surface area contributed by atoms with E-state index in [0.717, 1.165) is 16.9 Å². The summed E-state index contributed by atoms with van der Waals surface area (Å²) in [4.78, 5) is 25.6. The Morgan fingerprint density at radius 3 is 2.60 bits per heavy atom. The molecule has 0 spiro atoms. The van der Waals surface area contributed by atoms with Gasteiger partial charge in [-0.05, 0) is 35.8 Å². The molecular formula is C20H19NO4. The number of nitrogens with zero attached hydrogens (tertiary/aromatic N) is 1. The summed E-state index contributed by atoms with van der Waals surface area (Å²) in [6.07, 6.45) is 3.05. The molecule has 2 aromatic rings. The predicted octanol–water partition coefficient (Wildman–Crippen LogP) is 3.30. The van der Waals surface area contributed by atoms with E-state index in [4.69, 9.17) is 9.47 Å². The van der Waals surface area contributed by atoms with Gasteiger partial charge in [-0.1, -0.05) is 42.5 Å². The van der Waals surface area contributed by atoms with Gasteiger partial charge in [-0.2, -0.15) is 0 Å². The summed E-state index contributed by atoms with van der Waals surface area (Å²) in [6, 6.07) is 16.8. The molecule has 0 radical (unpaired) electrons. The van der Waals surface area contributed by atoms with Crippen molar-refractivity contribution in [2.75, 3.05) is 13.7 Å². The van der Waals surface area contributed by atoms with E-state index in [-0.39, 0.29) is 18.6 Å². The predicted molar refractivity (Wildman–Crippen MR) is 94.2 cm³/mol. The molecular weight excluding hydrogens is 318 g/mol. The van der Waals surface area contributed by atoms with Crippen LogP contribution in [0.25, 0.3) is 6.08 Å². The van der Waals surface area contributed by atoms with Crippen molar-refractivity contribution < 1.29 is 19.1 Å². The van der Waals surface area contributed by atoms with Gasteiger partial charge in [-0.25, -0.2) is 9.69 Å². The van der Waals surface area contributed by atoms with E-state index in [1.54, 1.807) is 13.2 Å². The minimum absolute atomic E-state index is 0.218. The Kier molecular flexibility index (Phi) is 5.14. The maximum Gasteiger partial charge on any atom is 0.417 e. The van der Waals surface area contributed by atoms with E-state index in [9.17, 15) is 9.59 Å². The van der Waals surface area contributed by atoms with E-state index >= 15 is 0 Å². The van der Waals surface area contributed by atoms with Crippen LogP contribution in [-0.2, 0) is 16.0 Å². The third-order valence-electron chi connectivity index (χ3n) is 4.05. The Bertz CT molecular complexity index is 768. The van der Waals surface area contributed by atoms with Gasteiger partial charge >= 0.3 is 6.09 Å². The molecule has 2 aromatic carbocycles. The van der Waals surface area contributed by atoms with Gasteiger partial charge in [0, 0.05) is 6.08 Å². The summed E-state index contributed by atoms with van der Waals surface area (Å²) >= 11 is 0. The molecule has 1 heterocycles. The number of rotatable bonds is 5. The van der Waals surface area contributed by atoms with Gasteiger partial charge in [0.05, 0.1) is 13.2 Å². The highest BCUT2D eigenvalue weighted by molar-refractivity contribution is 6.02. The fraction of sp³-hybridized carbons (Fsp3) is 0.200. The highest BCUT2D eigenvalue weighted by Crippen LogP contribution is 2.18. The fourth-order valence-electron chi connectivity index (χ4n) is 2.73. The Hall–Kier alpha value is -3.08. The lowest BCUT2D eigenvalue weighted by atomic mass is 10.1. The first kappa shape index (κ1) is 16.8. The van der Waals surface area contributed by atoms with Crippen molar-refractivity contribution in [3.63, 3.8) is 0 Å². The number of carbonyl (C=O) groups is 2. The maximum absolute atomic E-state index is 12.5. The molecule has 2 amide bonds. The quantitative estimate of drug-likeness (QED) is 0.786. The van der Waals surface area contributed by atoms with Crippen LogP contribution in [0.2, 0.25) is 0 Å². The van der Waals surface area contributed by atoms with Crippen molar-refractivity contribution in [3.8, 4) is 5.75 Å². The van der Waals surface area contributed by atoms with Crippen molar-refractivity contribution in [1.82, 2.24) is 4.90 Å². The van der Waals surface area contributed by atoms with Crippen LogP contribution in [0.5, 0.6) is 5.75 Å². The number of carbonyl (C=O) groups excluding carboxylic acids is 2. The molecule has 0 aromatic heterocycles. The molecule has 128 valence electrons. The monoisotopic (exact) mass is 337 g/mol. The van der Waals surface area contributed by atoms with Crippen molar-refractivity contribution >= 4 is 18.1 Å². The van der Waals surface area contributed by atoms with Crippen molar-refractivity contribution in [1.29, 1.82) is 0 Å². The molecule has 0 bridgehead atoms. The summed E-state index contributed by atoms with van der Waals surface area (Å²) in [7, 11) is 1.60. The molecule has 1 fully saturated rings. The number of amides is 2. The summed E-state index contributed by atoms with van der Waals surface area (Å²) in [5.74, 6) is 0.369. The first-order chi connectivity index (χ1) is 12.2. The van der Waals surface area contributed by atoms with Crippen LogP contribution in [0, 0.1) is 0 Å². The smallest absolute Gasteiger partial charge is 0.417 e. The molecule has 1 saturated heterocycles. The average Bonchev–Trinajstić information content (AvgIpc) is 3.01. The number of benzene rings is 2. The number of methoxy groups -OCH3 is 1. The Morgan fingerprint density at radius 1 is 1.20 bits per heavy atom. The van der Waals surface area contributed by atoms with E-state index in [1.165, 1.54) is 11.0 Å². The number of cyclic esters (lactones) is 1. The van der Waals surface area contributed by atoms with Gasteiger partial charge < -0.3 is 9.47 Å². The van der Waals surface area contributed by atoms with Gasteiger partial charge in [0.25, 0.3) is 5.91 Å². The lowest BCUT2D eigenvalue weighted by Crippen LogP contribution is -2.39. The zero-order chi connectivity index (χ0) is 17.6. The van der Waals surface area contributed by atoms with E-state index in [0.29, 0.717) is 6.42 Å². The van der Waals surface area contributed by atoms with Gasteiger partial charge in [0.15, 0.2) is 0 Å². The molecule has 25 heavy (non-hydrogen) atoms. The Balaban J connectivity index is 1.69. The van der Waals surface area contributed by atoms with Gasteiger partial charge in [0.1, 0.15) is 12.4 Å². The molecule has 0 unspecified atom stereocenters.